The van der Waals surface area contributed by atoms with Crippen molar-refractivity contribution in [1.82, 2.24) is 0 Å². The lowest BCUT2D eigenvalue weighted by Crippen LogP contribution is -2.35. The minimum Gasteiger partial charge on any atom is -0.481 e. The van der Waals surface area contributed by atoms with E-state index in [0.717, 1.165) is 30.6 Å². The van der Waals surface area contributed by atoms with E-state index < -0.39 is 5.97 Å². The van der Waals surface area contributed by atoms with Gasteiger partial charge in [0.15, 0.2) is 0 Å². The average Bonchev–Trinajstić information content (AvgIpc) is 2.30. The summed E-state index contributed by atoms with van der Waals surface area (Å²) in [6.45, 7) is 0.761. The van der Waals surface area contributed by atoms with Gasteiger partial charge < -0.3 is 10.0 Å². The molecule has 0 aromatic heterocycles. The Labute approximate surface area is 99.9 Å². The zero-order valence-electron chi connectivity index (χ0n) is 9.56. The first kappa shape index (κ1) is 11.6. The molecule has 0 aliphatic carbocycles. The molecule has 1 aliphatic heterocycles. The summed E-state index contributed by atoms with van der Waals surface area (Å²) < 4.78 is 0. The highest BCUT2D eigenvalue weighted by Gasteiger charge is 2.19. The van der Waals surface area contributed by atoms with E-state index in [4.69, 9.17) is 5.11 Å². The summed E-state index contributed by atoms with van der Waals surface area (Å²) in [5.74, 6) is -0.686. The summed E-state index contributed by atoms with van der Waals surface area (Å²) in [6, 6.07) is 7.18. The van der Waals surface area contributed by atoms with Gasteiger partial charge >= 0.3 is 5.97 Å². The molecule has 1 amide bonds. The molecular weight excluding hydrogens is 218 g/mol. The van der Waals surface area contributed by atoms with Crippen LogP contribution in [0.25, 0.3) is 0 Å². The minimum absolute atomic E-state index is 0.0221. The monoisotopic (exact) mass is 233 g/mol. The number of benzene rings is 1. The molecule has 90 valence electrons. The summed E-state index contributed by atoms with van der Waals surface area (Å²) in [5.41, 5.74) is 1.62. The van der Waals surface area contributed by atoms with Crippen LogP contribution in [0.1, 0.15) is 24.8 Å². The Morgan fingerprint density at radius 3 is 2.53 bits per heavy atom. The van der Waals surface area contributed by atoms with Gasteiger partial charge in [-0.3, -0.25) is 9.59 Å². The normalized spacial score (nSPS) is 16.0. The van der Waals surface area contributed by atoms with Crippen molar-refractivity contribution in [2.24, 2.45) is 0 Å². The number of nitrogens with zero attached hydrogens (tertiary/aromatic N) is 1. The fourth-order valence-corrected chi connectivity index (χ4v) is 2.05. The van der Waals surface area contributed by atoms with Crippen molar-refractivity contribution in [3.8, 4) is 0 Å². The number of carbonyl (C=O) groups is 2. The van der Waals surface area contributed by atoms with E-state index >= 15 is 0 Å². The molecule has 0 radical (unpaired) electrons. The van der Waals surface area contributed by atoms with Gasteiger partial charge in [0.25, 0.3) is 0 Å². The van der Waals surface area contributed by atoms with E-state index in [-0.39, 0.29) is 12.3 Å². The van der Waals surface area contributed by atoms with Gasteiger partial charge in [-0.25, -0.2) is 0 Å². The maximum Gasteiger partial charge on any atom is 0.307 e. The number of carboxylic acid groups (broad SMARTS) is 1. The van der Waals surface area contributed by atoms with Crippen molar-refractivity contribution in [3.05, 3.63) is 29.8 Å². The molecule has 1 aromatic rings. The second-order valence-electron chi connectivity index (χ2n) is 4.24. The zero-order chi connectivity index (χ0) is 12.3. The fourth-order valence-electron chi connectivity index (χ4n) is 2.05. The SMILES string of the molecule is O=C(O)Cc1ccc(N2CCCCC2=O)cc1. The van der Waals surface area contributed by atoms with Gasteiger partial charge in [0.05, 0.1) is 6.42 Å². The van der Waals surface area contributed by atoms with E-state index in [2.05, 4.69) is 0 Å². The number of hydrogen-bond donors (Lipinski definition) is 1. The molecule has 0 atom stereocenters. The van der Waals surface area contributed by atoms with Gasteiger partial charge in [-0.15, -0.1) is 0 Å². The molecule has 2 rings (SSSR count). The highest BCUT2D eigenvalue weighted by atomic mass is 16.4. The van der Waals surface area contributed by atoms with Crippen LogP contribution in [0, 0.1) is 0 Å². The van der Waals surface area contributed by atoms with Gasteiger partial charge in [0, 0.05) is 18.7 Å². The van der Waals surface area contributed by atoms with Gasteiger partial charge in [-0.2, -0.15) is 0 Å². The molecule has 4 nitrogen and oxygen atoms in total. The molecular formula is C13H15NO3. The third kappa shape index (κ3) is 2.84. The van der Waals surface area contributed by atoms with Crippen LogP contribution in [0.5, 0.6) is 0 Å². The first-order chi connectivity index (χ1) is 8.16. The van der Waals surface area contributed by atoms with Crippen molar-refractivity contribution in [1.29, 1.82) is 0 Å². The third-order valence-electron chi connectivity index (χ3n) is 2.93. The lowest BCUT2D eigenvalue weighted by Gasteiger charge is -2.26. The topological polar surface area (TPSA) is 57.6 Å². The van der Waals surface area contributed by atoms with Crippen molar-refractivity contribution in [2.75, 3.05) is 11.4 Å². The van der Waals surface area contributed by atoms with E-state index in [1.807, 2.05) is 12.1 Å². The van der Waals surface area contributed by atoms with Crippen LogP contribution in [0.4, 0.5) is 5.69 Å². The highest BCUT2D eigenvalue weighted by Crippen LogP contribution is 2.21. The lowest BCUT2D eigenvalue weighted by molar-refractivity contribution is -0.136. The highest BCUT2D eigenvalue weighted by molar-refractivity contribution is 5.94. The Kier molecular flexibility index (Phi) is 3.42. The van der Waals surface area contributed by atoms with Crippen LogP contribution < -0.4 is 4.90 Å². The minimum atomic E-state index is -0.841. The van der Waals surface area contributed by atoms with Gasteiger partial charge in [-0.1, -0.05) is 12.1 Å². The molecule has 0 spiro atoms. The van der Waals surface area contributed by atoms with E-state index in [0.29, 0.717) is 6.42 Å². The Balaban J connectivity index is 2.11. The maximum atomic E-state index is 11.7. The molecule has 1 saturated heterocycles. The molecule has 1 heterocycles. The molecule has 1 aromatic carbocycles. The Morgan fingerprint density at radius 2 is 1.94 bits per heavy atom. The molecule has 0 bridgehead atoms. The second kappa shape index (κ2) is 4.99. The van der Waals surface area contributed by atoms with Crippen LogP contribution in [0.15, 0.2) is 24.3 Å². The zero-order valence-corrected chi connectivity index (χ0v) is 9.56. The molecule has 0 unspecified atom stereocenters. The summed E-state index contributed by atoms with van der Waals surface area (Å²) in [7, 11) is 0. The number of aliphatic carboxylic acids is 1. The van der Waals surface area contributed by atoms with Crippen LogP contribution in [0.3, 0.4) is 0 Å². The number of carbonyl (C=O) groups excluding carboxylic acids is 1. The number of anilines is 1. The first-order valence-corrected chi connectivity index (χ1v) is 5.78. The third-order valence-corrected chi connectivity index (χ3v) is 2.93. The van der Waals surface area contributed by atoms with Crippen LogP contribution in [-0.2, 0) is 16.0 Å². The average molecular weight is 233 g/mol. The number of rotatable bonds is 3. The van der Waals surface area contributed by atoms with E-state index in [1.165, 1.54) is 0 Å². The molecule has 0 saturated carbocycles. The smallest absolute Gasteiger partial charge is 0.307 e. The summed E-state index contributed by atoms with van der Waals surface area (Å²) in [5, 5.41) is 8.66. The Morgan fingerprint density at radius 1 is 1.24 bits per heavy atom. The summed E-state index contributed by atoms with van der Waals surface area (Å²) in [4.78, 5) is 24.0. The lowest BCUT2D eigenvalue weighted by atomic mass is 10.1. The van der Waals surface area contributed by atoms with Crippen molar-refractivity contribution >= 4 is 17.6 Å². The van der Waals surface area contributed by atoms with Gasteiger partial charge in [0.2, 0.25) is 5.91 Å². The van der Waals surface area contributed by atoms with Crippen LogP contribution in [-0.4, -0.2) is 23.5 Å². The summed E-state index contributed by atoms with van der Waals surface area (Å²) >= 11 is 0. The molecule has 1 aliphatic rings. The molecule has 1 N–H and O–H groups in total. The van der Waals surface area contributed by atoms with Crippen molar-refractivity contribution in [2.45, 2.75) is 25.7 Å². The van der Waals surface area contributed by atoms with Gasteiger partial charge in [-0.05, 0) is 30.5 Å². The van der Waals surface area contributed by atoms with Crippen molar-refractivity contribution < 1.29 is 14.7 Å². The Hall–Kier alpha value is -1.84. The first-order valence-electron chi connectivity index (χ1n) is 5.78. The largest absolute Gasteiger partial charge is 0.481 e. The van der Waals surface area contributed by atoms with E-state index in [1.54, 1.807) is 17.0 Å². The molecule has 1 fully saturated rings. The number of hydrogen-bond acceptors (Lipinski definition) is 2. The predicted octanol–water partition coefficient (Wildman–Crippen LogP) is 1.83. The van der Waals surface area contributed by atoms with Gasteiger partial charge in [0.1, 0.15) is 0 Å². The quantitative estimate of drug-likeness (QED) is 0.866. The predicted molar refractivity (Wildman–Crippen MR) is 64.0 cm³/mol. The second-order valence-corrected chi connectivity index (χ2v) is 4.24. The van der Waals surface area contributed by atoms with E-state index in [9.17, 15) is 9.59 Å². The fraction of sp³-hybridized carbons (Fsp3) is 0.385. The number of piperidine rings is 1. The number of amides is 1. The number of carboxylic acids is 1. The van der Waals surface area contributed by atoms with Crippen LogP contribution in [0.2, 0.25) is 0 Å². The summed E-state index contributed by atoms with van der Waals surface area (Å²) in [6.07, 6.45) is 2.63. The standard InChI is InChI=1S/C13H15NO3/c15-12-3-1-2-8-14(12)11-6-4-10(5-7-11)9-13(16)17/h4-7H,1-3,8-9H2,(H,16,17). The van der Waals surface area contributed by atoms with Crippen molar-refractivity contribution in [3.63, 3.8) is 0 Å². The maximum absolute atomic E-state index is 11.7. The molecule has 17 heavy (non-hydrogen) atoms. The van der Waals surface area contributed by atoms with Crippen LogP contribution >= 0.6 is 0 Å². The Bertz CT molecular complexity index is 425. The molecule has 4 heteroatoms.